The van der Waals surface area contributed by atoms with Gasteiger partial charge in [0.2, 0.25) is 0 Å². The summed E-state index contributed by atoms with van der Waals surface area (Å²) in [5.74, 6) is -0.836. The highest BCUT2D eigenvalue weighted by Gasteiger charge is 2.48. The van der Waals surface area contributed by atoms with Crippen molar-refractivity contribution < 1.29 is 14.7 Å². The molecule has 2 rings (SSSR count). The molecule has 1 atom stereocenters. The molecule has 1 heterocycles. The Morgan fingerprint density at radius 1 is 1.33 bits per heavy atom. The van der Waals surface area contributed by atoms with Crippen molar-refractivity contribution in [3.05, 3.63) is 28.7 Å². The van der Waals surface area contributed by atoms with Gasteiger partial charge in [0.1, 0.15) is 0 Å². The number of carboxylic acids is 1. The summed E-state index contributed by atoms with van der Waals surface area (Å²) in [6.07, 6.45) is 0.494. The van der Waals surface area contributed by atoms with Crippen LogP contribution in [0.1, 0.15) is 20.3 Å². The minimum Gasteiger partial charge on any atom is -0.481 e. The maximum absolute atomic E-state index is 12.2. The van der Waals surface area contributed by atoms with Crippen molar-refractivity contribution in [2.75, 3.05) is 18.4 Å². The Morgan fingerprint density at radius 3 is 2.43 bits per heavy atom. The zero-order valence-electron chi connectivity index (χ0n) is 12.1. The Morgan fingerprint density at radius 2 is 1.95 bits per heavy atom. The van der Waals surface area contributed by atoms with Crippen molar-refractivity contribution in [1.29, 1.82) is 0 Å². The summed E-state index contributed by atoms with van der Waals surface area (Å²) in [5.41, 5.74) is -0.141. The lowest BCUT2D eigenvalue weighted by Gasteiger charge is -2.28. The van der Waals surface area contributed by atoms with Crippen molar-refractivity contribution in [1.82, 2.24) is 4.90 Å². The standard InChI is InChI=1S/C15H19BrN2O3/c1-10(2)15(13(19)20)7-8-18(9-15)14(21)17-12-5-3-11(16)4-6-12/h3-6,10H,7-9H2,1-2H3,(H,17,21)(H,19,20). The summed E-state index contributed by atoms with van der Waals surface area (Å²) in [6, 6.07) is 7.03. The van der Waals surface area contributed by atoms with Crippen LogP contribution in [0.15, 0.2) is 28.7 Å². The summed E-state index contributed by atoms with van der Waals surface area (Å²) in [5, 5.41) is 12.3. The van der Waals surface area contributed by atoms with Gasteiger partial charge in [0.05, 0.1) is 5.41 Å². The summed E-state index contributed by atoms with van der Waals surface area (Å²) < 4.78 is 0.936. The Bertz CT molecular complexity index is 544. The van der Waals surface area contributed by atoms with E-state index in [1.54, 1.807) is 17.0 Å². The van der Waals surface area contributed by atoms with Crippen LogP contribution < -0.4 is 5.32 Å². The molecule has 0 saturated carbocycles. The number of nitrogens with zero attached hydrogens (tertiary/aromatic N) is 1. The van der Waals surface area contributed by atoms with Crippen LogP contribution in [-0.4, -0.2) is 35.1 Å². The summed E-state index contributed by atoms with van der Waals surface area (Å²) in [6.45, 7) is 4.50. The Kier molecular flexibility index (Phi) is 4.56. The summed E-state index contributed by atoms with van der Waals surface area (Å²) in [7, 11) is 0. The molecule has 114 valence electrons. The minimum atomic E-state index is -0.836. The molecule has 0 bridgehead atoms. The number of likely N-dealkylation sites (tertiary alicyclic amines) is 1. The number of aliphatic carboxylic acids is 1. The quantitative estimate of drug-likeness (QED) is 0.873. The molecule has 1 aliphatic rings. The highest BCUT2D eigenvalue weighted by atomic mass is 79.9. The second kappa shape index (κ2) is 6.05. The van der Waals surface area contributed by atoms with E-state index in [9.17, 15) is 14.7 Å². The third kappa shape index (κ3) is 3.20. The number of urea groups is 1. The predicted octanol–water partition coefficient (Wildman–Crippen LogP) is 3.41. The zero-order valence-corrected chi connectivity index (χ0v) is 13.7. The Labute approximate surface area is 132 Å². The number of carbonyl (C=O) groups is 2. The van der Waals surface area contributed by atoms with Gasteiger partial charge >= 0.3 is 12.0 Å². The highest BCUT2D eigenvalue weighted by molar-refractivity contribution is 9.10. The van der Waals surface area contributed by atoms with Crippen LogP contribution >= 0.6 is 15.9 Å². The van der Waals surface area contributed by atoms with Crippen LogP contribution in [0.2, 0.25) is 0 Å². The zero-order chi connectivity index (χ0) is 15.6. The van der Waals surface area contributed by atoms with Gasteiger partial charge in [0, 0.05) is 23.2 Å². The monoisotopic (exact) mass is 354 g/mol. The Balaban J connectivity index is 2.05. The first kappa shape index (κ1) is 15.8. The fraction of sp³-hybridized carbons (Fsp3) is 0.467. The highest BCUT2D eigenvalue weighted by Crippen LogP contribution is 2.38. The molecule has 21 heavy (non-hydrogen) atoms. The first-order valence-corrected chi connectivity index (χ1v) is 7.69. The molecular weight excluding hydrogens is 336 g/mol. The SMILES string of the molecule is CC(C)C1(C(=O)O)CCN(C(=O)Nc2ccc(Br)cc2)C1. The molecule has 0 aromatic heterocycles. The number of rotatable bonds is 3. The maximum Gasteiger partial charge on any atom is 0.321 e. The molecule has 2 N–H and O–H groups in total. The van der Waals surface area contributed by atoms with E-state index in [0.717, 1.165) is 4.47 Å². The van der Waals surface area contributed by atoms with Crippen molar-refractivity contribution in [2.45, 2.75) is 20.3 Å². The van der Waals surface area contributed by atoms with Gasteiger partial charge in [-0.25, -0.2) is 4.79 Å². The molecule has 1 aromatic carbocycles. The van der Waals surface area contributed by atoms with Crippen LogP contribution in [0.5, 0.6) is 0 Å². The van der Waals surface area contributed by atoms with Gasteiger partial charge in [-0.2, -0.15) is 0 Å². The average molecular weight is 355 g/mol. The first-order valence-electron chi connectivity index (χ1n) is 6.90. The van der Waals surface area contributed by atoms with E-state index in [0.29, 0.717) is 18.7 Å². The van der Waals surface area contributed by atoms with Gasteiger partial charge in [-0.3, -0.25) is 4.79 Å². The normalized spacial score (nSPS) is 21.6. The van der Waals surface area contributed by atoms with Gasteiger partial charge in [-0.1, -0.05) is 29.8 Å². The number of halogens is 1. The largest absolute Gasteiger partial charge is 0.481 e. The molecule has 0 radical (unpaired) electrons. The van der Waals surface area contributed by atoms with E-state index in [1.807, 2.05) is 26.0 Å². The second-order valence-electron chi connectivity index (χ2n) is 5.72. The van der Waals surface area contributed by atoms with E-state index < -0.39 is 11.4 Å². The summed E-state index contributed by atoms with van der Waals surface area (Å²) >= 11 is 3.34. The molecule has 1 fully saturated rings. The van der Waals surface area contributed by atoms with E-state index in [-0.39, 0.29) is 18.5 Å². The number of hydrogen-bond donors (Lipinski definition) is 2. The minimum absolute atomic E-state index is 0.0134. The molecule has 6 heteroatoms. The average Bonchev–Trinajstić information content (AvgIpc) is 2.88. The molecule has 5 nitrogen and oxygen atoms in total. The number of carboxylic acid groups (broad SMARTS) is 1. The number of anilines is 1. The van der Waals surface area contributed by atoms with E-state index in [1.165, 1.54) is 0 Å². The lowest BCUT2D eigenvalue weighted by molar-refractivity contribution is -0.150. The fourth-order valence-corrected chi connectivity index (χ4v) is 2.90. The Hall–Kier alpha value is -1.56. The molecule has 1 aliphatic heterocycles. The fourth-order valence-electron chi connectivity index (χ4n) is 2.64. The lowest BCUT2D eigenvalue weighted by Crippen LogP contribution is -2.41. The number of amides is 2. The number of hydrogen-bond acceptors (Lipinski definition) is 2. The van der Waals surface area contributed by atoms with E-state index >= 15 is 0 Å². The molecular formula is C15H19BrN2O3. The topological polar surface area (TPSA) is 69.6 Å². The van der Waals surface area contributed by atoms with Gasteiger partial charge in [-0.15, -0.1) is 0 Å². The van der Waals surface area contributed by atoms with E-state index in [4.69, 9.17) is 0 Å². The number of benzene rings is 1. The number of carbonyl (C=O) groups excluding carboxylic acids is 1. The maximum atomic E-state index is 12.2. The third-order valence-electron chi connectivity index (χ3n) is 4.21. The number of nitrogens with one attached hydrogen (secondary N) is 1. The molecule has 1 unspecified atom stereocenters. The molecule has 0 aliphatic carbocycles. The predicted molar refractivity (Wildman–Crippen MR) is 84.3 cm³/mol. The van der Waals surface area contributed by atoms with Crippen LogP contribution in [0.3, 0.4) is 0 Å². The van der Waals surface area contributed by atoms with Crippen molar-refractivity contribution in [3.63, 3.8) is 0 Å². The van der Waals surface area contributed by atoms with Crippen molar-refractivity contribution in [3.8, 4) is 0 Å². The third-order valence-corrected chi connectivity index (χ3v) is 4.74. The smallest absolute Gasteiger partial charge is 0.321 e. The molecule has 2 amide bonds. The van der Waals surface area contributed by atoms with Gasteiger partial charge < -0.3 is 15.3 Å². The summed E-state index contributed by atoms with van der Waals surface area (Å²) in [4.78, 5) is 25.4. The second-order valence-corrected chi connectivity index (χ2v) is 6.64. The molecule has 1 saturated heterocycles. The van der Waals surface area contributed by atoms with Crippen LogP contribution in [0, 0.1) is 11.3 Å². The van der Waals surface area contributed by atoms with E-state index in [2.05, 4.69) is 21.2 Å². The molecule has 0 spiro atoms. The van der Waals surface area contributed by atoms with Gasteiger partial charge in [-0.05, 0) is 36.6 Å². The lowest BCUT2D eigenvalue weighted by atomic mass is 9.76. The van der Waals surface area contributed by atoms with Crippen LogP contribution in [0.25, 0.3) is 0 Å². The first-order chi connectivity index (χ1) is 9.85. The van der Waals surface area contributed by atoms with Gasteiger partial charge in [0.25, 0.3) is 0 Å². The van der Waals surface area contributed by atoms with Crippen molar-refractivity contribution >= 4 is 33.6 Å². The van der Waals surface area contributed by atoms with Crippen LogP contribution in [0.4, 0.5) is 10.5 Å². The van der Waals surface area contributed by atoms with Gasteiger partial charge in [0.15, 0.2) is 0 Å². The molecule has 1 aromatic rings. The van der Waals surface area contributed by atoms with Crippen molar-refractivity contribution in [2.24, 2.45) is 11.3 Å². The van der Waals surface area contributed by atoms with Crippen LogP contribution in [-0.2, 0) is 4.79 Å².